The molecule has 3 aromatic rings. The van der Waals surface area contributed by atoms with Gasteiger partial charge in [-0.05, 0) is 74.5 Å². The molecule has 0 radical (unpaired) electrons. The summed E-state index contributed by atoms with van der Waals surface area (Å²) in [5.74, 6) is 1.75. The predicted molar refractivity (Wildman–Crippen MR) is 147 cm³/mol. The van der Waals surface area contributed by atoms with E-state index in [1.807, 2.05) is 67.8 Å². The lowest BCUT2D eigenvalue weighted by atomic mass is 9.74. The van der Waals surface area contributed by atoms with Crippen molar-refractivity contribution in [2.75, 3.05) is 58.1 Å². The molecule has 1 aliphatic rings. The third-order valence-electron chi connectivity index (χ3n) is 7.41. The van der Waals surface area contributed by atoms with E-state index < -0.39 is 6.10 Å². The summed E-state index contributed by atoms with van der Waals surface area (Å²) in [4.78, 5) is 13.4. The van der Waals surface area contributed by atoms with Gasteiger partial charge < -0.3 is 24.7 Å². The van der Waals surface area contributed by atoms with Gasteiger partial charge in [-0.2, -0.15) is 0 Å². The standard InChI is InChI=1S/C28H38N4O3S/c1-31(2)24-19-30-23-8-7-21(35-3)18-22(23)27(24)25(34)9-10-28(20-33)11-14-32(15-12-28)16-17-36-26-6-4-5-13-29-26/h4-8,13,18-19,25,33-34H,9-12,14-17,20H2,1-3H3. The van der Waals surface area contributed by atoms with Crippen LogP contribution in [-0.2, 0) is 0 Å². The first kappa shape index (κ1) is 26.7. The molecule has 1 unspecified atom stereocenters. The molecule has 7 nitrogen and oxygen atoms in total. The lowest BCUT2D eigenvalue weighted by molar-refractivity contribution is 0.0255. The molecule has 0 amide bonds. The van der Waals surface area contributed by atoms with Gasteiger partial charge in [0.05, 0.1) is 35.6 Å². The van der Waals surface area contributed by atoms with Crippen LogP contribution in [0.3, 0.4) is 0 Å². The summed E-state index contributed by atoms with van der Waals surface area (Å²) in [6, 6.07) is 11.8. The van der Waals surface area contributed by atoms with Crippen molar-refractivity contribution in [3.63, 3.8) is 0 Å². The van der Waals surface area contributed by atoms with E-state index in [1.165, 1.54) is 0 Å². The largest absolute Gasteiger partial charge is 0.497 e. The maximum absolute atomic E-state index is 11.4. The van der Waals surface area contributed by atoms with Crippen molar-refractivity contribution in [3.8, 4) is 5.75 Å². The minimum absolute atomic E-state index is 0.148. The predicted octanol–water partition coefficient (Wildman–Crippen LogP) is 4.38. The molecule has 3 heterocycles. The molecule has 0 saturated carbocycles. The number of nitrogens with zero attached hydrogens (tertiary/aromatic N) is 4. The minimum Gasteiger partial charge on any atom is -0.497 e. The highest BCUT2D eigenvalue weighted by Crippen LogP contribution is 2.41. The summed E-state index contributed by atoms with van der Waals surface area (Å²) in [7, 11) is 5.59. The molecule has 1 saturated heterocycles. The number of aliphatic hydroxyl groups is 2. The van der Waals surface area contributed by atoms with Gasteiger partial charge in [-0.1, -0.05) is 6.07 Å². The molecule has 4 rings (SSSR count). The number of anilines is 1. The average molecular weight is 511 g/mol. The fraction of sp³-hybridized carbons (Fsp3) is 0.500. The van der Waals surface area contributed by atoms with Gasteiger partial charge >= 0.3 is 0 Å². The van der Waals surface area contributed by atoms with E-state index in [-0.39, 0.29) is 12.0 Å². The maximum atomic E-state index is 11.4. The summed E-state index contributed by atoms with van der Waals surface area (Å²) < 4.78 is 5.44. The maximum Gasteiger partial charge on any atom is 0.119 e. The molecule has 1 aromatic carbocycles. The second-order valence-electron chi connectivity index (χ2n) is 9.91. The Labute approximate surface area is 218 Å². The van der Waals surface area contributed by atoms with Gasteiger partial charge in [0.2, 0.25) is 0 Å². The Hall–Kier alpha value is -2.39. The van der Waals surface area contributed by atoms with Crippen LogP contribution in [0, 0.1) is 5.41 Å². The number of thioether (sulfide) groups is 1. The second kappa shape index (κ2) is 12.2. The van der Waals surface area contributed by atoms with Crippen LogP contribution < -0.4 is 9.64 Å². The molecule has 36 heavy (non-hydrogen) atoms. The van der Waals surface area contributed by atoms with Gasteiger partial charge in [-0.25, -0.2) is 4.98 Å². The fourth-order valence-corrected chi connectivity index (χ4v) is 5.92. The normalized spacial score (nSPS) is 16.7. The highest BCUT2D eigenvalue weighted by Gasteiger charge is 2.34. The summed E-state index contributed by atoms with van der Waals surface area (Å²) >= 11 is 1.79. The Kier molecular flexibility index (Phi) is 9.06. The number of hydrogen-bond donors (Lipinski definition) is 2. The number of hydrogen-bond acceptors (Lipinski definition) is 8. The van der Waals surface area contributed by atoms with Gasteiger partial charge in [0.15, 0.2) is 0 Å². The van der Waals surface area contributed by atoms with Crippen LogP contribution in [0.25, 0.3) is 10.9 Å². The highest BCUT2D eigenvalue weighted by atomic mass is 32.2. The first-order valence-electron chi connectivity index (χ1n) is 12.6. The number of ether oxygens (including phenoxy) is 1. The fourth-order valence-electron chi connectivity index (χ4n) is 5.05. The van der Waals surface area contributed by atoms with Crippen molar-refractivity contribution in [2.24, 2.45) is 5.41 Å². The Morgan fingerprint density at radius 3 is 2.64 bits per heavy atom. The molecule has 2 aromatic heterocycles. The third-order valence-corrected chi connectivity index (χ3v) is 8.33. The number of methoxy groups -OCH3 is 1. The third kappa shape index (κ3) is 6.29. The number of aromatic nitrogens is 2. The van der Waals surface area contributed by atoms with Crippen molar-refractivity contribution >= 4 is 28.4 Å². The highest BCUT2D eigenvalue weighted by molar-refractivity contribution is 7.99. The first-order chi connectivity index (χ1) is 17.4. The topological polar surface area (TPSA) is 82.0 Å². The zero-order valence-corrected chi connectivity index (χ0v) is 22.4. The monoisotopic (exact) mass is 510 g/mol. The number of fused-ring (bicyclic) bond motifs is 1. The quantitative estimate of drug-likeness (QED) is 0.368. The van der Waals surface area contributed by atoms with Gasteiger partial charge in [0.25, 0.3) is 0 Å². The van der Waals surface area contributed by atoms with Crippen molar-refractivity contribution in [2.45, 2.75) is 36.8 Å². The molecular weight excluding hydrogens is 472 g/mol. The Morgan fingerprint density at radius 2 is 1.97 bits per heavy atom. The van der Waals surface area contributed by atoms with Gasteiger partial charge in [-0.3, -0.25) is 4.98 Å². The molecule has 1 atom stereocenters. The molecule has 1 aliphatic heterocycles. The lowest BCUT2D eigenvalue weighted by Crippen LogP contribution is -2.43. The SMILES string of the molecule is COc1ccc2ncc(N(C)C)c(C(O)CCC3(CO)CCN(CCSc4ccccn4)CC3)c2c1. The number of likely N-dealkylation sites (tertiary alicyclic amines) is 1. The average Bonchev–Trinajstić information content (AvgIpc) is 2.92. The van der Waals surface area contributed by atoms with Crippen molar-refractivity contribution in [1.82, 2.24) is 14.9 Å². The number of pyridine rings is 2. The minimum atomic E-state index is -0.656. The molecule has 1 fully saturated rings. The van der Waals surface area contributed by atoms with Crippen LogP contribution in [0.1, 0.15) is 37.4 Å². The zero-order valence-electron chi connectivity index (χ0n) is 21.6. The molecule has 0 spiro atoms. The molecule has 8 heteroatoms. The number of aliphatic hydroxyl groups excluding tert-OH is 2. The van der Waals surface area contributed by atoms with Gasteiger partial charge in [0, 0.05) is 50.1 Å². The Balaban J connectivity index is 1.39. The van der Waals surface area contributed by atoms with Crippen molar-refractivity contribution < 1.29 is 14.9 Å². The molecule has 194 valence electrons. The second-order valence-corrected chi connectivity index (χ2v) is 11.0. The van der Waals surface area contributed by atoms with E-state index in [1.54, 1.807) is 18.9 Å². The molecule has 0 aliphatic carbocycles. The Morgan fingerprint density at radius 1 is 1.17 bits per heavy atom. The van der Waals surface area contributed by atoms with E-state index >= 15 is 0 Å². The van der Waals surface area contributed by atoms with Crippen LogP contribution in [0.2, 0.25) is 0 Å². The van der Waals surface area contributed by atoms with E-state index in [0.717, 1.165) is 77.6 Å². The summed E-state index contributed by atoms with van der Waals surface area (Å²) in [5, 5.41) is 23.8. The number of piperidine rings is 1. The molecular formula is C28H38N4O3S. The van der Waals surface area contributed by atoms with Crippen LogP contribution in [0.15, 0.2) is 53.8 Å². The lowest BCUT2D eigenvalue weighted by Gasteiger charge is -2.41. The number of rotatable bonds is 11. The van der Waals surface area contributed by atoms with E-state index in [2.05, 4.69) is 14.9 Å². The van der Waals surface area contributed by atoms with Crippen LogP contribution in [0.4, 0.5) is 5.69 Å². The van der Waals surface area contributed by atoms with E-state index in [9.17, 15) is 10.2 Å². The van der Waals surface area contributed by atoms with Crippen LogP contribution in [-0.4, -0.2) is 78.3 Å². The first-order valence-corrected chi connectivity index (χ1v) is 13.6. The van der Waals surface area contributed by atoms with Crippen LogP contribution >= 0.6 is 11.8 Å². The van der Waals surface area contributed by atoms with E-state index in [4.69, 9.17) is 4.74 Å². The van der Waals surface area contributed by atoms with Crippen molar-refractivity contribution in [1.29, 1.82) is 0 Å². The molecule has 2 N–H and O–H groups in total. The van der Waals surface area contributed by atoms with Gasteiger partial charge in [0.1, 0.15) is 5.75 Å². The van der Waals surface area contributed by atoms with Gasteiger partial charge in [-0.15, -0.1) is 11.8 Å². The van der Waals surface area contributed by atoms with Crippen LogP contribution in [0.5, 0.6) is 5.75 Å². The summed E-state index contributed by atoms with van der Waals surface area (Å²) in [6.45, 7) is 3.11. The van der Waals surface area contributed by atoms with Crippen molar-refractivity contribution in [3.05, 3.63) is 54.4 Å². The zero-order chi connectivity index (χ0) is 25.5. The molecule has 0 bridgehead atoms. The number of benzene rings is 1. The smallest absolute Gasteiger partial charge is 0.119 e. The van der Waals surface area contributed by atoms with E-state index in [0.29, 0.717) is 6.42 Å². The Bertz CT molecular complexity index is 1120. The summed E-state index contributed by atoms with van der Waals surface area (Å²) in [6.07, 6.45) is 6.26. The summed E-state index contributed by atoms with van der Waals surface area (Å²) in [5.41, 5.74) is 2.47.